The van der Waals surface area contributed by atoms with E-state index in [0.29, 0.717) is 29.5 Å². The average Bonchev–Trinajstić information content (AvgIpc) is 3.10. The zero-order valence-electron chi connectivity index (χ0n) is 14.5. The van der Waals surface area contributed by atoms with Crippen molar-refractivity contribution in [3.63, 3.8) is 0 Å². The van der Waals surface area contributed by atoms with Gasteiger partial charge >= 0.3 is 5.97 Å². The molecule has 0 spiro atoms. The number of anilines is 1. The number of rotatable bonds is 6. The molecule has 0 fully saturated rings. The fraction of sp³-hybridized carbons (Fsp3) is 0.263. The van der Waals surface area contributed by atoms with Crippen LogP contribution in [0, 0.1) is 0 Å². The number of esters is 1. The molecule has 2 aromatic carbocycles. The first-order valence-corrected chi connectivity index (χ1v) is 8.21. The molecule has 136 valence electrons. The maximum Gasteiger partial charge on any atom is 0.342 e. The Labute approximate surface area is 150 Å². The van der Waals surface area contributed by atoms with Crippen molar-refractivity contribution in [2.24, 2.45) is 0 Å². The normalized spacial score (nSPS) is 13.0. The Hall–Kier alpha value is -3.22. The molecule has 1 aliphatic heterocycles. The lowest BCUT2D eigenvalue weighted by Gasteiger charge is -2.15. The molecule has 0 saturated carbocycles. The minimum Gasteiger partial charge on any atom is -0.493 e. The molecule has 1 heterocycles. The predicted octanol–water partition coefficient (Wildman–Crippen LogP) is 3.00. The Bertz CT molecular complexity index is 819. The lowest BCUT2D eigenvalue weighted by molar-refractivity contribution is -0.123. The SMILES string of the molecule is CCOc1ccccc1C(=O)O[C@@H](C)C(=O)Nc1ccc2c(c1)OCO2. The molecule has 0 bridgehead atoms. The van der Waals surface area contributed by atoms with Gasteiger partial charge in [0.1, 0.15) is 11.3 Å². The van der Waals surface area contributed by atoms with Gasteiger partial charge in [-0.05, 0) is 38.1 Å². The van der Waals surface area contributed by atoms with Crippen LogP contribution in [0.2, 0.25) is 0 Å². The Morgan fingerprint density at radius 1 is 1.15 bits per heavy atom. The molecule has 1 N–H and O–H groups in total. The standard InChI is InChI=1S/C19H19NO6/c1-3-23-15-7-5-4-6-14(15)19(22)26-12(2)18(21)20-13-8-9-16-17(10-13)25-11-24-16/h4-10,12H,3,11H2,1-2H3,(H,20,21)/t12-/m0/s1. The van der Waals surface area contributed by atoms with Crippen molar-refractivity contribution in [1.82, 2.24) is 0 Å². The van der Waals surface area contributed by atoms with E-state index < -0.39 is 18.0 Å². The van der Waals surface area contributed by atoms with Gasteiger partial charge < -0.3 is 24.3 Å². The Balaban J connectivity index is 1.63. The number of hydrogen-bond donors (Lipinski definition) is 1. The summed E-state index contributed by atoms with van der Waals surface area (Å²) in [6, 6.07) is 11.8. The zero-order chi connectivity index (χ0) is 18.5. The van der Waals surface area contributed by atoms with Gasteiger partial charge in [-0.1, -0.05) is 12.1 Å². The third-order valence-corrected chi connectivity index (χ3v) is 3.70. The first kappa shape index (κ1) is 17.6. The van der Waals surface area contributed by atoms with E-state index in [0.717, 1.165) is 0 Å². The Kier molecular flexibility index (Phi) is 5.26. The van der Waals surface area contributed by atoms with E-state index in [-0.39, 0.29) is 12.4 Å². The molecule has 7 heteroatoms. The fourth-order valence-corrected chi connectivity index (χ4v) is 2.41. The summed E-state index contributed by atoms with van der Waals surface area (Å²) in [5.74, 6) is 0.518. The highest BCUT2D eigenvalue weighted by Gasteiger charge is 2.22. The maximum absolute atomic E-state index is 12.3. The third-order valence-electron chi connectivity index (χ3n) is 3.70. The summed E-state index contributed by atoms with van der Waals surface area (Å²) < 4.78 is 21.2. The summed E-state index contributed by atoms with van der Waals surface area (Å²) in [4.78, 5) is 24.6. The van der Waals surface area contributed by atoms with Crippen LogP contribution in [0.15, 0.2) is 42.5 Å². The third kappa shape index (κ3) is 3.88. The quantitative estimate of drug-likeness (QED) is 0.800. The van der Waals surface area contributed by atoms with Crippen molar-refractivity contribution in [2.45, 2.75) is 20.0 Å². The van der Waals surface area contributed by atoms with Gasteiger partial charge in [-0.2, -0.15) is 0 Å². The molecule has 0 radical (unpaired) electrons. The summed E-state index contributed by atoms with van der Waals surface area (Å²) in [6.45, 7) is 3.90. The lowest BCUT2D eigenvalue weighted by Crippen LogP contribution is -2.30. The van der Waals surface area contributed by atoms with Crippen molar-refractivity contribution in [2.75, 3.05) is 18.7 Å². The molecule has 1 amide bonds. The van der Waals surface area contributed by atoms with Gasteiger partial charge in [0.25, 0.3) is 5.91 Å². The molecule has 2 aromatic rings. The summed E-state index contributed by atoms with van der Waals surface area (Å²) in [5, 5.41) is 2.69. The number of amides is 1. The van der Waals surface area contributed by atoms with Crippen LogP contribution >= 0.6 is 0 Å². The van der Waals surface area contributed by atoms with Crippen LogP contribution in [0.25, 0.3) is 0 Å². The van der Waals surface area contributed by atoms with E-state index in [1.54, 1.807) is 42.5 Å². The van der Waals surface area contributed by atoms with Gasteiger partial charge in [-0.15, -0.1) is 0 Å². The van der Waals surface area contributed by atoms with Crippen molar-refractivity contribution >= 4 is 17.6 Å². The first-order valence-electron chi connectivity index (χ1n) is 8.21. The molecule has 1 aliphatic rings. The average molecular weight is 357 g/mol. The second-order valence-electron chi connectivity index (χ2n) is 5.53. The zero-order valence-corrected chi connectivity index (χ0v) is 14.5. The summed E-state index contributed by atoms with van der Waals surface area (Å²) in [7, 11) is 0. The van der Waals surface area contributed by atoms with Gasteiger partial charge in [0.05, 0.1) is 6.61 Å². The second-order valence-corrected chi connectivity index (χ2v) is 5.53. The van der Waals surface area contributed by atoms with Gasteiger partial charge in [0.15, 0.2) is 17.6 Å². The van der Waals surface area contributed by atoms with Crippen LogP contribution in [0.5, 0.6) is 17.2 Å². The van der Waals surface area contributed by atoms with Crippen LogP contribution in [0.3, 0.4) is 0 Å². The van der Waals surface area contributed by atoms with E-state index in [9.17, 15) is 9.59 Å². The lowest BCUT2D eigenvalue weighted by atomic mass is 10.2. The number of carbonyl (C=O) groups excluding carboxylic acids is 2. The van der Waals surface area contributed by atoms with Gasteiger partial charge in [0.2, 0.25) is 6.79 Å². The summed E-state index contributed by atoms with van der Waals surface area (Å²) in [5.41, 5.74) is 0.800. The van der Waals surface area contributed by atoms with E-state index >= 15 is 0 Å². The smallest absolute Gasteiger partial charge is 0.342 e. The Morgan fingerprint density at radius 2 is 1.92 bits per heavy atom. The molecule has 1 atom stereocenters. The number of fused-ring (bicyclic) bond motifs is 1. The number of benzene rings is 2. The molecular weight excluding hydrogens is 338 g/mol. The van der Waals surface area contributed by atoms with E-state index in [2.05, 4.69) is 5.32 Å². The maximum atomic E-state index is 12.3. The molecule has 26 heavy (non-hydrogen) atoms. The van der Waals surface area contributed by atoms with Crippen molar-refractivity contribution in [1.29, 1.82) is 0 Å². The largest absolute Gasteiger partial charge is 0.493 e. The fourth-order valence-electron chi connectivity index (χ4n) is 2.41. The van der Waals surface area contributed by atoms with Gasteiger partial charge in [0, 0.05) is 11.8 Å². The molecule has 0 unspecified atom stereocenters. The van der Waals surface area contributed by atoms with Gasteiger partial charge in [-0.25, -0.2) is 4.79 Å². The highest BCUT2D eigenvalue weighted by atomic mass is 16.7. The van der Waals surface area contributed by atoms with Crippen LogP contribution in [0.1, 0.15) is 24.2 Å². The number of carbonyl (C=O) groups is 2. The highest BCUT2D eigenvalue weighted by Crippen LogP contribution is 2.34. The van der Waals surface area contributed by atoms with E-state index in [1.165, 1.54) is 6.92 Å². The van der Waals surface area contributed by atoms with Crippen LogP contribution in [-0.4, -0.2) is 31.4 Å². The van der Waals surface area contributed by atoms with Gasteiger partial charge in [-0.3, -0.25) is 4.79 Å². The molecule has 0 aromatic heterocycles. The topological polar surface area (TPSA) is 83.1 Å². The first-order chi connectivity index (χ1) is 12.6. The van der Waals surface area contributed by atoms with Crippen LogP contribution in [-0.2, 0) is 9.53 Å². The molecule has 0 aliphatic carbocycles. The van der Waals surface area contributed by atoms with Crippen molar-refractivity contribution in [3.8, 4) is 17.2 Å². The Morgan fingerprint density at radius 3 is 2.73 bits per heavy atom. The van der Waals surface area contributed by atoms with Crippen molar-refractivity contribution < 1.29 is 28.5 Å². The predicted molar refractivity (Wildman–Crippen MR) is 93.7 cm³/mol. The molecular formula is C19H19NO6. The molecule has 3 rings (SSSR count). The molecule has 7 nitrogen and oxygen atoms in total. The summed E-state index contributed by atoms with van der Waals surface area (Å²) in [6.07, 6.45) is -0.984. The van der Waals surface area contributed by atoms with Crippen molar-refractivity contribution in [3.05, 3.63) is 48.0 Å². The van der Waals surface area contributed by atoms with Crippen LogP contribution < -0.4 is 19.5 Å². The minimum atomic E-state index is -0.984. The summed E-state index contributed by atoms with van der Waals surface area (Å²) >= 11 is 0. The van der Waals surface area contributed by atoms with Crippen LogP contribution in [0.4, 0.5) is 5.69 Å². The minimum absolute atomic E-state index is 0.153. The number of ether oxygens (including phenoxy) is 4. The second kappa shape index (κ2) is 7.77. The number of para-hydroxylation sites is 1. The van der Waals surface area contributed by atoms with E-state index in [4.69, 9.17) is 18.9 Å². The highest BCUT2D eigenvalue weighted by molar-refractivity contribution is 5.98. The monoisotopic (exact) mass is 357 g/mol. The molecule has 0 saturated heterocycles. The number of nitrogens with one attached hydrogen (secondary N) is 1. The van der Waals surface area contributed by atoms with E-state index in [1.807, 2.05) is 6.92 Å². The number of hydrogen-bond acceptors (Lipinski definition) is 6.